The number of carbonyl (C=O) groups is 1. The number of carbonyl (C=O) groups excluding carboxylic acids is 1. The Kier molecular flexibility index (Phi) is 4.32. The topological polar surface area (TPSA) is 55.1 Å². The molecule has 1 saturated carbocycles. The van der Waals surface area contributed by atoms with Crippen molar-refractivity contribution >= 4 is 23.1 Å². The molecule has 4 heteroatoms. The molecular weight excluding hydrogens is 196 g/mol. The van der Waals surface area contributed by atoms with Gasteiger partial charge in [0.1, 0.15) is 0 Å². The van der Waals surface area contributed by atoms with E-state index >= 15 is 0 Å². The van der Waals surface area contributed by atoms with E-state index in [1.165, 1.54) is 0 Å². The van der Waals surface area contributed by atoms with Gasteiger partial charge in [0.25, 0.3) is 0 Å². The molecule has 1 fully saturated rings. The normalized spacial score (nSPS) is 26.1. The number of hydrogen-bond acceptors (Lipinski definition) is 2. The van der Waals surface area contributed by atoms with Gasteiger partial charge in [-0.2, -0.15) is 0 Å². The van der Waals surface area contributed by atoms with Gasteiger partial charge >= 0.3 is 0 Å². The highest BCUT2D eigenvalue weighted by atomic mass is 32.1. The summed E-state index contributed by atoms with van der Waals surface area (Å²) in [6.45, 7) is 2.00. The average Bonchev–Trinajstić information content (AvgIpc) is 2.52. The Hall–Kier alpha value is -0.640. The number of amides is 1. The Balaban J connectivity index is 2.43. The Morgan fingerprint density at radius 1 is 1.57 bits per heavy atom. The van der Waals surface area contributed by atoms with Crippen LogP contribution >= 0.6 is 12.2 Å². The van der Waals surface area contributed by atoms with E-state index in [9.17, 15) is 4.79 Å². The number of thiocarbonyl (C=S) groups is 1. The number of rotatable bonds is 4. The zero-order chi connectivity index (χ0) is 10.6. The Morgan fingerprint density at radius 2 is 2.29 bits per heavy atom. The predicted octanol–water partition coefficient (Wildman–Crippen LogP) is 1.36. The lowest BCUT2D eigenvalue weighted by Gasteiger charge is -2.19. The monoisotopic (exact) mass is 214 g/mol. The molecule has 1 rings (SSSR count). The molecule has 1 aliphatic rings. The smallest absolute Gasteiger partial charge is 0.220 e. The van der Waals surface area contributed by atoms with E-state index in [1.807, 2.05) is 6.92 Å². The van der Waals surface area contributed by atoms with Crippen molar-refractivity contribution in [1.82, 2.24) is 5.32 Å². The highest BCUT2D eigenvalue weighted by Gasteiger charge is 2.30. The average molecular weight is 214 g/mol. The zero-order valence-corrected chi connectivity index (χ0v) is 9.40. The second-order valence-electron chi connectivity index (χ2n) is 3.86. The summed E-state index contributed by atoms with van der Waals surface area (Å²) in [5.74, 6) is 0.339. The van der Waals surface area contributed by atoms with Crippen molar-refractivity contribution in [3.05, 3.63) is 0 Å². The molecule has 2 unspecified atom stereocenters. The van der Waals surface area contributed by atoms with Gasteiger partial charge in [-0.1, -0.05) is 25.6 Å². The standard InChI is InChI=1S/C10H18N2OS/c1-2-4-9(13)12-8-6-3-5-7(8)10(11)14/h7-8H,2-6H2,1H3,(H2,11,14)(H,12,13). The van der Waals surface area contributed by atoms with Crippen molar-refractivity contribution in [2.75, 3.05) is 0 Å². The van der Waals surface area contributed by atoms with Gasteiger partial charge in [-0.3, -0.25) is 4.79 Å². The molecule has 2 atom stereocenters. The molecule has 0 aromatic heterocycles. The molecule has 1 amide bonds. The van der Waals surface area contributed by atoms with E-state index in [2.05, 4.69) is 5.32 Å². The fourth-order valence-electron chi connectivity index (χ4n) is 1.98. The van der Waals surface area contributed by atoms with Crippen LogP contribution < -0.4 is 11.1 Å². The maximum Gasteiger partial charge on any atom is 0.220 e. The third-order valence-corrected chi connectivity index (χ3v) is 3.01. The first-order valence-corrected chi connectivity index (χ1v) is 5.64. The summed E-state index contributed by atoms with van der Waals surface area (Å²) in [6.07, 6.45) is 4.62. The molecule has 1 aliphatic carbocycles. The first kappa shape index (κ1) is 11.4. The molecule has 80 valence electrons. The highest BCUT2D eigenvalue weighted by molar-refractivity contribution is 7.80. The summed E-state index contributed by atoms with van der Waals surface area (Å²) in [5.41, 5.74) is 5.62. The third kappa shape index (κ3) is 2.94. The number of nitrogens with two attached hydrogens (primary N) is 1. The second-order valence-corrected chi connectivity index (χ2v) is 4.34. The molecule has 0 bridgehead atoms. The van der Waals surface area contributed by atoms with Gasteiger partial charge in [0.15, 0.2) is 0 Å². The summed E-state index contributed by atoms with van der Waals surface area (Å²) in [6, 6.07) is 0.187. The van der Waals surface area contributed by atoms with E-state index in [1.54, 1.807) is 0 Å². The van der Waals surface area contributed by atoms with Gasteiger partial charge in [-0.05, 0) is 19.3 Å². The number of hydrogen-bond donors (Lipinski definition) is 2. The summed E-state index contributed by atoms with van der Waals surface area (Å²) in [5, 5.41) is 3.00. The molecular formula is C10H18N2OS. The zero-order valence-electron chi connectivity index (χ0n) is 8.58. The van der Waals surface area contributed by atoms with E-state index in [-0.39, 0.29) is 17.9 Å². The van der Waals surface area contributed by atoms with Crippen LogP contribution in [0.2, 0.25) is 0 Å². The van der Waals surface area contributed by atoms with Crippen molar-refractivity contribution in [1.29, 1.82) is 0 Å². The Morgan fingerprint density at radius 3 is 2.86 bits per heavy atom. The molecule has 0 saturated heterocycles. The lowest BCUT2D eigenvalue weighted by Crippen LogP contribution is -2.41. The Labute approximate surface area is 90.4 Å². The fraction of sp³-hybridized carbons (Fsp3) is 0.800. The summed E-state index contributed by atoms with van der Waals surface area (Å²) in [4.78, 5) is 11.9. The molecule has 0 heterocycles. The highest BCUT2D eigenvalue weighted by Crippen LogP contribution is 2.25. The van der Waals surface area contributed by atoms with Gasteiger partial charge in [-0.15, -0.1) is 0 Å². The van der Waals surface area contributed by atoms with E-state index < -0.39 is 0 Å². The van der Waals surface area contributed by atoms with E-state index in [0.29, 0.717) is 11.4 Å². The first-order valence-electron chi connectivity index (χ1n) is 5.23. The molecule has 0 radical (unpaired) electrons. The van der Waals surface area contributed by atoms with Crippen LogP contribution in [-0.4, -0.2) is 16.9 Å². The van der Waals surface area contributed by atoms with Crippen molar-refractivity contribution < 1.29 is 4.79 Å². The SMILES string of the molecule is CCCC(=O)NC1CCCC1C(N)=S. The largest absolute Gasteiger partial charge is 0.393 e. The maximum absolute atomic E-state index is 11.4. The molecule has 0 spiro atoms. The Bertz CT molecular complexity index is 230. The minimum absolute atomic E-state index is 0.126. The minimum Gasteiger partial charge on any atom is -0.393 e. The molecule has 3 nitrogen and oxygen atoms in total. The van der Waals surface area contributed by atoms with Crippen LogP contribution in [0, 0.1) is 5.92 Å². The molecule has 0 aliphatic heterocycles. The lowest BCUT2D eigenvalue weighted by molar-refractivity contribution is -0.121. The third-order valence-electron chi connectivity index (χ3n) is 2.70. The van der Waals surface area contributed by atoms with E-state index in [0.717, 1.165) is 25.7 Å². The quantitative estimate of drug-likeness (QED) is 0.695. The van der Waals surface area contributed by atoms with Crippen LogP contribution in [0.15, 0.2) is 0 Å². The second kappa shape index (κ2) is 5.29. The number of nitrogens with one attached hydrogen (secondary N) is 1. The van der Waals surface area contributed by atoms with E-state index in [4.69, 9.17) is 18.0 Å². The summed E-state index contributed by atoms with van der Waals surface area (Å²) < 4.78 is 0. The van der Waals surface area contributed by atoms with Crippen LogP contribution in [0.25, 0.3) is 0 Å². The first-order chi connectivity index (χ1) is 6.65. The van der Waals surface area contributed by atoms with Crippen LogP contribution in [-0.2, 0) is 4.79 Å². The predicted molar refractivity (Wildman–Crippen MR) is 61.0 cm³/mol. The van der Waals surface area contributed by atoms with Gasteiger partial charge in [0, 0.05) is 18.4 Å². The summed E-state index contributed by atoms with van der Waals surface area (Å²) >= 11 is 4.98. The lowest BCUT2D eigenvalue weighted by atomic mass is 10.0. The van der Waals surface area contributed by atoms with Gasteiger partial charge in [0.2, 0.25) is 5.91 Å². The van der Waals surface area contributed by atoms with Crippen molar-refractivity contribution in [3.8, 4) is 0 Å². The molecule has 3 N–H and O–H groups in total. The van der Waals surface area contributed by atoms with Gasteiger partial charge < -0.3 is 11.1 Å². The van der Waals surface area contributed by atoms with Crippen LogP contribution in [0.5, 0.6) is 0 Å². The molecule has 0 aromatic rings. The van der Waals surface area contributed by atoms with Gasteiger partial charge in [0.05, 0.1) is 4.99 Å². The van der Waals surface area contributed by atoms with Crippen LogP contribution in [0.1, 0.15) is 39.0 Å². The van der Waals surface area contributed by atoms with Gasteiger partial charge in [-0.25, -0.2) is 0 Å². The van der Waals surface area contributed by atoms with Crippen molar-refractivity contribution in [2.24, 2.45) is 11.7 Å². The van der Waals surface area contributed by atoms with Crippen LogP contribution in [0.3, 0.4) is 0 Å². The van der Waals surface area contributed by atoms with Crippen molar-refractivity contribution in [2.45, 2.75) is 45.1 Å². The molecule has 14 heavy (non-hydrogen) atoms. The molecule has 0 aromatic carbocycles. The van der Waals surface area contributed by atoms with Crippen molar-refractivity contribution in [3.63, 3.8) is 0 Å². The summed E-state index contributed by atoms with van der Waals surface area (Å²) in [7, 11) is 0. The maximum atomic E-state index is 11.4. The minimum atomic E-state index is 0.126. The fourth-order valence-corrected chi connectivity index (χ4v) is 2.26. The van der Waals surface area contributed by atoms with Crippen LogP contribution in [0.4, 0.5) is 0 Å².